The van der Waals surface area contributed by atoms with Crippen molar-refractivity contribution in [3.63, 3.8) is 0 Å². The van der Waals surface area contributed by atoms with E-state index in [-0.39, 0.29) is 25.9 Å². The van der Waals surface area contributed by atoms with Gasteiger partial charge in [-0.1, -0.05) is 206 Å². The van der Waals surface area contributed by atoms with E-state index in [1.807, 2.05) is 0 Å². The van der Waals surface area contributed by atoms with Crippen molar-refractivity contribution < 1.29 is 52.2 Å². The number of esters is 3. The number of ether oxygens (including phenoxy) is 3. The number of carbonyl (C=O) groups is 3. The molecule has 11 nitrogen and oxygen atoms in total. The predicted molar refractivity (Wildman–Crippen MR) is 252 cm³/mol. The molecule has 0 radical (unpaired) electrons. The molecule has 2 N–H and O–H groups in total. The molecule has 0 aliphatic carbocycles. The first kappa shape index (κ1) is 60.2. The summed E-state index contributed by atoms with van der Waals surface area (Å²) in [6, 6.07) is 0. The quantitative estimate of drug-likeness (QED) is 0.0197. The molecular weight excluding hydrogens is 808 g/mol. The van der Waals surface area contributed by atoms with Gasteiger partial charge in [-0.2, -0.15) is 0 Å². The van der Waals surface area contributed by atoms with Crippen molar-refractivity contribution in [1.82, 2.24) is 0 Å². The summed E-state index contributed by atoms with van der Waals surface area (Å²) >= 11 is 0. The summed E-state index contributed by atoms with van der Waals surface area (Å²) in [5.74, 6) is -1.46. The minimum Gasteiger partial charge on any atom is -0.462 e. The van der Waals surface area contributed by atoms with Gasteiger partial charge in [-0.15, -0.1) is 0 Å². The maximum absolute atomic E-state index is 12.8. The van der Waals surface area contributed by atoms with Gasteiger partial charge in [0.2, 0.25) is 0 Å². The molecule has 3 atom stereocenters. The number of aliphatic hydroxyl groups is 1. The number of allylic oxidation sites excluding steroid dienone is 2. The number of hydrogen-bond donors (Lipinski definition) is 2. The van der Waals surface area contributed by atoms with Gasteiger partial charge in [0.15, 0.2) is 6.10 Å². The summed E-state index contributed by atoms with van der Waals surface area (Å²) in [6.45, 7) is 4.60. The first-order chi connectivity index (χ1) is 30.2. The smallest absolute Gasteiger partial charge is 0.462 e. The monoisotopic (exact) mass is 903 g/mol. The maximum Gasteiger partial charge on any atom is 0.472 e. The van der Waals surface area contributed by atoms with Crippen molar-refractivity contribution in [3.8, 4) is 0 Å². The molecule has 0 amide bonds. The average Bonchev–Trinajstić information content (AvgIpc) is 3.25. The van der Waals surface area contributed by atoms with Gasteiger partial charge < -0.3 is 24.2 Å². The Kier molecular flexibility index (Phi) is 44.5. The minimum atomic E-state index is -4.73. The molecule has 12 heteroatoms. The Morgan fingerprint density at radius 1 is 0.435 bits per heavy atom. The maximum atomic E-state index is 12.8. The molecule has 0 spiro atoms. The molecule has 0 bridgehead atoms. The Bertz CT molecular complexity index is 1100. The van der Waals surface area contributed by atoms with Crippen LogP contribution in [-0.2, 0) is 42.2 Å². The molecular formula is C50H95O11P. The molecule has 0 aromatic heterocycles. The van der Waals surface area contributed by atoms with E-state index in [1.165, 1.54) is 116 Å². The van der Waals surface area contributed by atoms with Crippen LogP contribution in [0, 0.1) is 0 Å². The zero-order chi connectivity index (χ0) is 45.6. The molecule has 0 saturated heterocycles. The number of rotatable bonds is 48. The molecule has 0 fully saturated rings. The van der Waals surface area contributed by atoms with Gasteiger partial charge in [0.05, 0.1) is 19.8 Å². The van der Waals surface area contributed by atoms with E-state index in [0.717, 1.165) is 77.0 Å². The Labute approximate surface area is 379 Å². The number of hydrogen-bond acceptors (Lipinski definition) is 10. The van der Waals surface area contributed by atoms with Crippen LogP contribution in [-0.4, -0.2) is 66.5 Å². The Balaban J connectivity index is 4.70. The summed E-state index contributed by atoms with van der Waals surface area (Å²) in [4.78, 5) is 48.2. The summed E-state index contributed by atoms with van der Waals surface area (Å²) in [5, 5.41) is 9.74. The fraction of sp³-hybridized carbons (Fsp3) is 0.900. The van der Waals surface area contributed by atoms with Gasteiger partial charge in [-0.25, -0.2) is 4.57 Å². The zero-order valence-corrected chi connectivity index (χ0v) is 41.0. The standard InChI is InChI=1S/C50H95O11P/c1-4-7-10-13-16-19-22-23-26-27-30-33-36-39-48(52)57-43-47(61-50(54)41-38-35-32-29-25-21-18-15-12-9-6-3)45-59-62(55,56)58-44-46(42-51)60-49(53)40-37-34-31-28-24-20-17-14-11-8-5-2/h15,18,46-47,51H,4-14,16-17,19-45H2,1-3H3,(H,55,56)/b18-15-. The van der Waals surface area contributed by atoms with E-state index >= 15 is 0 Å². The van der Waals surface area contributed by atoms with E-state index in [9.17, 15) is 28.9 Å². The lowest BCUT2D eigenvalue weighted by Crippen LogP contribution is -2.30. The van der Waals surface area contributed by atoms with E-state index in [4.69, 9.17) is 23.3 Å². The molecule has 0 aliphatic heterocycles. The number of aliphatic hydroxyl groups excluding tert-OH is 1. The van der Waals surface area contributed by atoms with Crippen LogP contribution < -0.4 is 0 Å². The lowest BCUT2D eigenvalue weighted by atomic mass is 10.0. The number of phosphoric ester groups is 1. The zero-order valence-electron chi connectivity index (χ0n) is 40.1. The third kappa shape index (κ3) is 43.5. The van der Waals surface area contributed by atoms with Crippen LogP contribution >= 0.6 is 7.82 Å². The second-order valence-corrected chi connectivity index (χ2v) is 18.8. The highest BCUT2D eigenvalue weighted by atomic mass is 31.2. The molecule has 0 aromatic rings. The van der Waals surface area contributed by atoms with E-state index in [2.05, 4.69) is 32.9 Å². The van der Waals surface area contributed by atoms with Gasteiger partial charge in [0, 0.05) is 19.3 Å². The predicted octanol–water partition coefficient (Wildman–Crippen LogP) is 14.1. The Morgan fingerprint density at radius 3 is 1.16 bits per heavy atom. The van der Waals surface area contributed by atoms with Crippen LogP contribution in [0.5, 0.6) is 0 Å². The Hall–Kier alpha value is -1.78. The van der Waals surface area contributed by atoms with Crippen LogP contribution in [0.1, 0.15) is 252 Å². The number of phosphoric acid groups is 1. The lowest BCUT2D eigenvalue weighted by Gasteiger charge is -2.21. The highest BCUT2D eigenvalue weighted by Crippen LogP contribution is 2.43. The average molecular weight is 903 g/mol. The van der Waals surface area contributed by atoms with Gasteiger partial charge in [0.1, 0.15) is 12.7 Å². The number of carbonyl (C=O) groups excluding carboxylic acids is 3. The largest absolute Gasteiger partial charge is 0.472 e. The highest BCUT2D eigenvalue weighted by molar-refractivity contribution is 7.47. The van der Waals surface area contributed by atoms with Crippen molar-refractivity contribution in [3.05, 3.63) is 12.2 Å². The fourth-order valence-electron chi connectivity index (χ4n) is 7.22. The highest BCUT2D eigenvalue weighted by Gasteiger charge is 2.28. The van der Waals surface area contributed by atoms with Gasteiger partial charge in [-0.3, -0.25) is 23.4 Å². The molecule has 0 aliphatic rings. The molecule has 0 saturated carbocycles. The number of unbranched alkanes of at least 4 members (excludes halogenated alkanes) is 29. The third-order valence-corrected chi connectivity index (χ3v) is 12.1. The molecule has 366 valence electrons. The summed E-state index contributed by atoms with van der Waals surface area (Å²) in [5.41, 5.74) is 0. The first-order valence-corrected chi connectivity index (χ1v) is 27.1. The van der Waals surface area contributed by atoms with Crippen LogP contribution in [0.4, 0.5) is 0 Å². The van der Waals surface area contributed by atoms with Crippen LogP contribution in [0.25, 0.3) is 0 Å². The molecule has 3 unspecified atom stereocenters. The van der Waals surface area contributed by atoms with E-state index < -0.39 is 57.8 Å². The second-order valence-electron chi connectivity index (χ2n) is 17.3. The Morgan fingerprint density at radius 2 is 0.758 bits per heavy atom. The summed E-state index contributed by atoms with van der Waals surface area (Å²) < 4.78 is 39.3. The fourth-order valence-corrected chi connectivity index (χ4v) is 8.00. The topological polar surface area (TPSA) is 155 Å². The lowest BCUT2D eigenvalue weighted by molar-refractivity contribution is -0.161. The van der Waals surface area contributed by atoms with Crippen molar-refractivity contribution >= 4 is 25.7 Å². The van der Waals surface area contributed by atoms with E-state index in [1.54, 1.807) is 0 Å². The SMILES string of the molecule is CCCC/C=C\CCCCCCCC(=O)OC(COC(=O)CCCCCCCCCCCCCCC)COP(=O)(O)OCC(CO)OC(=O)CCCCCCCCCCCCC. The molecule has 62 heavy (non-hydrogen) atoms. The van der Waals surface area contributed by atoms with Crippen molar-refractivity contribution in [2.24, 2.45) is 0 Å². The molecule has 0 heterocycles. The minimum absolute atomic E-state index is 0.163. The van der Waals surface area contributed by atoms with Gasteiger partial charge in [0.25, 0.3) is 0 Å². The molecule has 0 rings (SSSR count). The first-order valence-electron chi connectivity index (χ1n) is 25.6. The van der Waals surface area contributed by atoms with Crippen LogP contribution in [0.2, 0.25) is 0 Å². The van der Waals surface area contributed by atoms with Crippen molar-refractivity contribution in [2.45, 2.75) is 264 Å². The van der Waals surface area contributed by atoms with Crippen molar-refractivity contribution in [2.75, 3.05) is 26.4 Å². The third-order valence-electron chi connectivity index (χ3n) is 11.2. The second kappa shape index (κ2) is 45.8. The summed E-state index contributed by atoms with van der Waals surface area (Å²) in [7, 11) is -4.73. The van der Waals surface area contributed by atoms with Gasteiger partial charge in [-0.05, 0) is 38.5 Å². The molecule has 0 aromatic carbocycles. The normalized spacial score (nSPS) is 13.6. The van der Waals surface area contributed by atoms with Crippen LogP contribution in [0.15, 0.2) is 12.2 Å². The van der Waals surface area contributed by atoms with Gasteiger partial charge >= 0.3 is 25.7 Å². The van der Waals surface area contributed by atoms with E-state index in [0.29, 0.717) is 19.3 Å². The van der Waals surface area contributed by atoms with Crippen molar-refractivity contribution in [1.29, 1.82) is 0 Å². The summed E-state index contributed by atoms with van der Waals surface area (Å²) in [6.07, 6.45) is 40.4. The van der Waals surface area contributed by atoms with Crippen LogP contribution in [0.3, 0.4) is 0 Å².